The Kier molecular flexibility index (Phi) is 4.91. The van der Waals surface area contributed by atoms with Crippen molar-refractivity contribution in [1.82, 2.24) is 0 Å². The summed E-state index contributed by atoms with van der Waals surface area (Å²) >= 11 is 0. The number of hydrogen-bond acceptors (Lipinski definition) is 1. The maximum absolute atomic E-state index is 13.8. The Hall–Kier alpha value is -2.54. The molecule has 0 bridgehead atoms. The zero-order chi connectivity index (χ0) is 20.7. The summed E-state index contributed by atoms with van der Waals surface area (Å²) in [6.07, 6.45) is -1.22. The van der Waals surface area contributed by atoms with Gasteiger partial charge < -0.3 is 0 Å². The molecule has 1 aliphatic carbocycles. The second kappa shape index (κ2) is 6.81. The van der Waals surface area contributed by atoms with E-state index in [0.717, 1.165) is 18.4 Å². The highest BCUT2D eigenvalue weighted by Crippen LogP contribution is 2.46. The van der Waals surface area contributed by atoms with Gasteiger partial charge in [-0.2, -0.15) is 18.4 Å². The SMILES string of the molecule is CC1(C)CCC(C)(C)c2cc(C=C(c3ccc(C#N)cc3)C(F)(F)F)ccc21. The minimum atomic E-state index is -4.49. The Bertz CT molecular complexity index is 955. The van der Waals surface area contributed by atoms with E-state index in [1.807, 2.05) is 18.2 Å². The fraction of sp³-hybridized carbons (Fsp3) is 0.375. The van der Waals surface area contributed by atoms with Gasteiger partial charge >= 0.3 is 6.18 Å². The molecule has 2 aromatic carbocycles. The number of halogens is 3. The lowest BCUT2D eigenvalue weighted by Crippen LogP contribution is -2.33. The van der Waals surface area contributed by atoms with Gasteiger partial charge in [-0.1, -0.05) is 58.0 Å². The Morgan fingerprint density at radius 2 is 1.50 bits per heavy atom. The van der Waals surface area contributed by atoms with Crippen molar-refractivity contribution in [3.63, 3.8) is 0 Å². The first-order valence-corrected chi connectivity index (χ1v) is 9.38. The van der Waals surface area contributed by atoms with Gasteiger partial charge in [0.05, 0.1) is 17.2 Å². The topological polar surface area (TPSA) is 23.8 Å². The largest absolute Gasteiger partial charge is 0.417 e. The standard InChI is InChI=1S/C24H24F3N/c1-22(2)11-12-23(3,4)21-14-17(7-10-19(21)22)13-20(24(25,26)27)18-8-5-16(15-28)6-9-18/h5-10,13-14H,11-12H2,1-4H3. The number of allylic oxidation sites excluding steroid dienone is 1. The third kappa shape index (κ3) is 3.85. The summed E-state index contributed by atoms with van der Waals surface area (Å²) in [5, 5.41) is 8.88. The second-order valence-electron chi connectivity index (χ2n) is 8.82. The molecule has 0 N–H and O–H groups in total. The van der Waals surface area contributed by atoms with E-state index in [4.69, 9.17) is 5.26 Å². The van der Waals surface area contributed by atoms with E-state index in [1.54, 1.807) is 6.07 Å². The van der Waals surface area contributed by atoms with Crippen LogP contribution in [-0.4, -0.2) is 6.18 Å². The Labute approximate surface area is 164 Å². The molecule has 0 fully saturated rings. The van der Waals surface area contributed by atoms with Gasteiger partial charge in [0.25, 0.3) is 0 Å². The van der Waals surface area contributed by atoms with E-state index in [9.17, 15) is 13.2 Å². The van der Waals surface area contributed by atoms with Crippen molar-refractivity contribution < 1.29 is 13.2 Å². The molecule has 2 aromatic rings. The highest BCUT2D eigenvalue weighted by molar-refractivity contribution is 5.84. The lowest BCUT2D eigenvalue weighted by molar-refractivity contribution is -0.0683. The molecule has 146 valence electrons. The van der Waals surface area contributed by atoms with Crippen molar-refractivity contribution in [3.05, 3.63) is 70.3 Å². The summed E-state index contributed by atoms with van der Waals surface area (Å²) in [7, 11) is 0. The smallest absolute Gasteiger partial charge is 0.192 e. The minimum Gasteiger partial charge on any atom is -0.192 e. The highest BCUT2D eigenvalue weighted by atomic mass is 19.4. The van der Waals surface area contributed by atoms with Gasteiger partial charge in [0.1, 0.15) is 0 Å². The fourth-order valence-electron chi connectivity index (χ4n) is 3.92. The molecular weight excluding hydrogens is 359 g/mol. The average molecular weight is 383 g/mol. The number of rotatable bonds is 2. The molecule has 0 heterocycles. The minimum absolute atomic E-state index is 0.0209. The van der Waals surface area contributed by atoms with Crippen molar-refractivity contribution >= 4 is 11.6 Å². The molecule has 0 aliphatic heterocycles. The molecular formula is C24H24F3N. The van der Waals surface area contributed by atoms with Gasteiger partial charge in [-0.3, -0.25) is 0 Å². The normalized spacial score (nSPS) is 18.3. The molecule has 28 heavy (non-hydrogen) atoms. The van der Waals surface area contributed by atoms with Crippen LogP contribution in [0.1, 0.15) is 68.4 Å². The molecule has 0 unspecified atom stereocenters. The Morgan fingerprint density at radius 1 is 0.929 bits per heavy atom. The fourth-order valence-corrected chi connectivity index (χ4v) is 3.92. The Balaban J connectivity index is 2.12. The van der Waals surface area contributed by atoms with Crippen LogP contribution in [0, 0.1) is 11.3 Å². The average Bonchev–Trinajstić information content (AvgIpc) is 2.63. The number of benzene rings is 2. The van der Waals surface area contributed by atoms with Crippen LogP contribution in [0.5, 0.6) is 0 Å². The molecule has 0 saturated heterocycles. The van der Waals surface area contributed by atoms with E-state index in [-0.39, 0.29) is 16.4 Å². The lowest BCUT2D eigenvalue weighted by atomic mass is 9.63. The van der Waals surface area contributed by atoms with Crippen molar-refractivity contribution in [3.8, 4) is 6.07 Å². The lowest BCUT2D eigenvalue weighted by Gasteiger charge is -2.42. The van der Waals surface area contributed by atoms with E-state index >= 15 is 0 Å². The number of fused-ring (bicyclic) bond motifs is 1. The zero-order valence-electron chi connectivity index (χ0n) is 16.6. The first-order valence-electron chi connectivity index (χ1n) is 9.38. The molecule has 0 spiro atoms. The molecule has 0 radical (unpaired) electrons. The Morgan fingerprint density at radius 3 is 2.04 bits per heavy atom. The highest BCUT2D eigenvalue weighted by Gasteiger charge is 2.38. The summed E-state index contributed by atoms with van der Waals surface area (Å²) in [6.45, 7) is 8.68. The molecule has 0 saturated carbocycles. The van der Waals surface area contributed by atoms with Gasteiger partial charge in [0.2, 0.25) is 0 Å². The van der Waals surface area contributed by atoms with E-state index in [0.29, 0.717) is 11.1 Å². The van der Waals surface area contributed by atoms with Crippen LogP contribution < -0.4 is 0 Å². The van der Waals surface area contributed by atoms with Gasteiger partial charge in [-0.25, -0.2) is 0 Å². The summed E-state index contributed by atoms with van der Waals surface area (Å²) in [4.78, 5) is 0. The van der Waals surface area contributed by atoms with Crippen LogP contribution in [0.2, 0.25) is 0 Å². The van der Waals surface area contributed by atoms with Crippen molar-refractivity contribution in [2.45, 2.75) is 57.5 Å². The monoisotopic (exact) mass is 383 g/mol. The van der Waals surface area contributed by atoms with Crippen LogP contribution in [0.25, 0.3) is 11.6 Å². The third-order valence-corrected chi connectivity index (χ3v) is 5.82. The molecule has 0 amide bonds. The number of nitriles is 1. The molecule has 4 heteroatoms. The predicted molar refractivity (Wildman–Crippen MR) is 107 cm³/mol. The first kappa shape index (κ1) is 20.2. The summed E-state index contributed by atoms with van der Waals surface area (Å²) in [5.74, 6) is 0. The maximum Gasteiger partial charge on any atom is 0.417 e. The van der Waals surface area contributed by atoms with E-state index in [1.165, 1.54) is 35.9 Å². The van der Waals surface area contributed by atoms with Gasteiger partial charge in [0, 0.05) is 0 Å². The molecule has 1 nitrogen and oxygen atoms in total. The second-order valence-corrected chi connectivity index (χ2v) is 8.82. The van der Waals surface area contributed by atoms with E-state index < -0.39 is 11.7 Å². The van der Waals surface area contributed by atoms with Gasteiger partial charge in [0.15, 0.2) is 0 Å². The van der Waals surface area contributed by atoms with Crippen LogP contribution >= 0.6 is 0 Å². The van der Waals surface area contributed by atoms with Gasteiger partial charge in [-0.05, 0) is 64.1 Å². The van der Waals surface area contributed by atoms with Crippen molar-refractivity contribution in [2.24, 2.45) is 0 Å². The van der Waals surface area contributed by atoms with Crippen LogP contribution in [0.15, 0.2) is 42.5 Å². The summed E-state index contributed by atoms with van der Waals surface area (Å²) in [6, 6.07) is 13.1. The van der Waals surface area contributed by atoms with Gasteiger partial charge in [-0.15, -0.1) is 0 Å². The number of hydrogen-bond donors (Lipinski definition) is 0. The van der Waals surface area contributed by atoms with E-state index in [2.05, 4.69) is 27.7 Å². The first-order chi connectivity index (χ1) is 12.9. The van der Waals surface area contributed by atoms with Crippen LogP contribution in [0.3, 0.4) is 0 Å². The predicted octanol–water partition coefficient (Wildman–Crippen LogP) is 7.01. The summed E-state index contributed by atoms with van der Waals surface area (Å²) in [5.41, 5.74) is 2.53. The van der Waals surface area contributed by atoms with Crippen LogP contribution in [-0.2, 0) is 10.8 Å². The molecule has 3 rings (SSSR count). The molecule has 0 aromatic heterocycles. The summed E-state index contributed by atoms with van der Waals surface area (Å²) < 4.78 is 41.3. The number of alkyl halides is 3. The van der Waals surface area contributed by atoms with Crippen molar-refractivity contribution in [2.75, 3.05) is 0 Å². The zero-order valence-corrected chi connectivity index (χ0v) is 16.6. The maximum atomic E-state index is 13.8. The quantitative estimate of drug-likeness (QED) is 0.512. The third-order valence-electron chi connectivity index (χ3n) is 5.82. The number of nitrogens with zero attached hydrogens (tertiary/aromatic N) is 1. The molecule has 0 atom stereocenters. The van der Waals surface area contributed by atoms with Crippen LogP contribution in [0.4, 0.5) is 13.2 Å². The van der Waals surface area contributed by atoms with Crippen molar-refractivity contribution in [1.29, 1.82) is 5.26 Å². The molecule has 1 aliphatic rings.